The summed E-state index contributed by atoms with van der Waals surface area (Å²) in [5.74, 6) is 0.607. The van der Waals surface area contributed by atoms with Crippen molar-refractivity contribution in [3.8, 4) is 0 Å². The Morgan fingerprint density at radius 3 is 2.17 bits per heavy atom. The highest BCUT2D eigenvalue weighted by Crippen LogP contribution is 2.24. The monoisotopic (exact) mass is 248 g/mol. The van der Waals surface area contributed by atoms with E-state index in [1.54, 1.807) is 0 Å². The Labute approximate surface area is 112 Å². The van der Waals surface area contributed by atoms with E-state index in [1.807, 2.05) is 7.05 Å². The van der Waals surface area contributed by atoms with E-state index >= 15 is 0 Å². The van der Waals surface area contributed by atoms with Gasteiger partial charge in [0.25, 0.3) is 0 Å². The first-order valence-corrected chi connectivity index (χ1v) is 6.93. The molecule has 2 N–H and O–H groups in total. The minimum atomic E-state index is 0.184. The minimum Gasteiger partial charge on any atom is -0.318 e. The van der Waals surface area contributed by atoms with Crippen molar-refractivity contribution >= 4 is 0 Å². The van der Waals surface area contributed by atoms with Gasteiger partial charge in [0, 0.05) is 25.0 Å². The van der Waals surface area contributed by atoms with Crippen LogP contribution in [0.2, 0.25) is 0 Å². The van der Waals surface area contributed by atoms with Gasteiger partial charge in [-0.2, -0.15) is 0 Å². The van der Waals surface area contributed by atoms with E-state index in [-0.39, 0.29) is 5.41 Å². The van der Waals surface area contributed by atoms with Crippen molar-refractivity contribution in [3.05, 3.63) is 35.4 Å². The van der Waals surface area contributed by atoms with Crippen LogP contribution in [0.3, 0.4) is 0 Å². The summed E-state index contributed by atoms with van der Waals surface area (Å²) in [4.78, 5) is 0. The molecule has 0 atom stereocenters. The van der Waals surface area contributed by atoms with E-state index < -0.39 is 0 Å². The molecule has 0 bridgehead atoms. The van der Waals surface area contributed by atoms with Crippen molar-refractivity contribution in [2.45, 2.75) is 39.0 Å². The van der Waals surface area contributed by atoms with Gasteiger partial charge in [-0.15, -0.1) is 0 Å². The lowest BCUT2D eigenvalue weighted by Gasteiger charge is -2.26. The zero-order chi connectivity index (χ0) is 13.6. The largest absolute Gasteiger partial charge is 0.318 e. The normalized spacial score (nSPS) is 12.1. The van der Waals surface area contributed by atoms with Gasteiger partial charge in [0.15, 0.2) is 0 Å². The van der Waals surface area contributed by atoms with Crippen molar-refractivity contribution in [2.24, 2.45) is 0 Å². The molecule has 2 heteroatoms. The summed E-state index contributed by atoms with van der Waals surface area (Å²) in [5, 5.41) is 6.65. The molecule has 1 aromatic rings. The molecule has 1 aromatic carbocycles. The molecular formula is C16H28N2. The van der Waals surface area contributed by atoms with Crippen molar-refractivity contribution in [2.75, 3.05) is 26.7 Å². The Hall–Kier alpha value is -0.860. The summed E-state index contributed by atoms with van der Waals surface area (Å²) in [5.41, 5.74) is 3.00. The van der Waals surface area contributed by atoms with Crippen LogP contribution in [0.15, 0.2) is 24.3 Å². The number of nitrogens with one attached hydrogen (secondary N) is 2. The Kier molecular flexibility index (Phi) is 5.83. The molecule has 0 aliphatic carbocycles. The van der Waals surface area contributed by atoms with E-state index in [9.17, 15) is 0 Å². The molecule has 1 rings (SSSR count). The Bertz CT molecular complexity index is 339. The quantitative estimate of drug-likeness (QED) is 0.725. The predicted molar refractivity (Wildman–Crippen MR) is 80.4 cm³/mol. The molecule has 0 aliphatic heterocycles. The van der Waals surface area contributed by atoms with E-state index in [0.29, 0.717) is 5.92 Å². The average Bonchev–Trinajstić information content (AvgIpc) is 2.35. The second kappa shape index (κ2) is 6.91. The maximum Gasteiger partial charge on any atom is 0.00769 e. The van der Waals surface area contributed by atoms with Gasteiger partial charge >= 0.3 is 0 Å². The molecule has 0 unspecified atom stereocenters. The van der Waals surface area contributed by atoms with Gasteiger partial charge in [-0.05, 0) is 24.1 Å². The zero-order valence-electron chi connectivity index (χ0n) is 12.5. The fourth-order valence-electron chi connectivity index (χ4n) is 2.04. The Balaban J connectivity index is 2.60. The molecule has 0 heterocycles. The first kappa shape index (κ1) is 15.2. The molecule has 2 nitrogen and oxygen atoms in total. The Morgan fingerprint density at radius 1 is 1.06 bits per heavy atom. The van der Waals surface area contributed by atoms with Crippen LogP contribution >= 0.6 is 0 Å². The van der Waals surface area contributed by atoms with E-state index in [4.69, 9.17) is 0 Å². The third-order valence-corrected chi connectivity index (χ3v) is 3.48. The van der Waals surface area contributed by atoms with E-state index in [2.05, 4.69) is 62.6 Å². The third-order valence-electron chi connectivity index (χ3n) is 3.48. The summed E-state index contributed by atoms with van der Waals surface area (Å²) in [6.45, 7) is 12.1. The molecule has 0 aromatic heterocycles. The predicted octanol–water partition coefficient (Wildman–Crippen LogP) is 2.90. The van der Waals surface area contributed by atoms with Crippen LogP contribution in [0.4, 0.5) is 0 Å². The molecular weight excluding hydrogens is 220 g/mol. The maximum atomic E-state index is 3.50. The van der Waals surface area contributed by atoms with Crippen LogP contribution in [-0.2, 0) is 5.41 Å². The molecule has 0 aliphatic rings. The molecule has 102 valence electrons. The zero-order valence-corrected chi connectivity index (χ0v) is 12.5. The second-order valence-electron chi connectivity index (χ2n) is 5.94. The highest BCUT2D eigenvalue weighted by atomic mass is 14.9. The second-order valence-corrected chi connectivity index (χ2v) is 5.94. The van der Waals surface area contributed by atoms with E-state index in [0.717, 1.165) is 19.6 Å². The van der Waals surface area contributed by atoms with Crippen molar-refractivity contribution in [3.63, 3.8) is 0 Å². The fourth-order valence-corrected chi connectivity index (χ4v) is 2.04. The fraction of sp³-hybridized carbons (Fsp3) is 0.625. The third kappa shape index (κ3) is 4.43. The topological polar surface area (TPSA) is 24.1 Å². The van der Waals surface area contributed by atoms with Crippen LogP contribution in [-0.4, -0.2) is 26.7 Å². The lowest BCUT2D eigenvalue weighted by Crippen LogP contribution is -2.36. The highest BCUT2D eigenvalue weighted by Gasteiger charge is 2.19. The lowest BCUT2D eigenvalue weighted by atomic mass is 9.83. The molecule has 0 fully saturated rings. The van der Waals surface area contributed by atoms with Crippen LogP contribution in [0, 0.1) is 0 Å². The van der Waals surface area contributed by atoms with Crippen LogP contribution < -0.4 is 10.6 Å². The molecule has 0 amide bonds. The Morgan fingerprint density at radius 2 is 1.67 bits per heavy atom. The number of hydrogen-bond donors (Lipinski definition) is 2. The van der Waals surface area contributed by atoms with Gasteiger partial charge < -0.3 is 10.6 Å². The standard InChI is InChI=1S/C16H28N2/c1-13(2)14-6-8-15(9-7-14)16(3,4)12-18-11-10-17-5/h6-9,13,17-18H,10-12H2,1-5H3. The average molecular weight is 248 g/mol. The van der Waals surface area contributed by atoms with Crippen molar-refractivity contribution in [1.29, 1.82) is 0 Å². The van der Waals surface area contributed by atoms with Crippen molar-refractivity contribution in [1.82, 2.24) is 10.6 Å². The lowest BCUT2D eigenvalue weighted by molar-refractivity contribution is 0.468. The van der Waals surface area contributed by atoms with Gasteiger partial charge in [-0.3, -0.25) is 0 Å². The van der Waals surface area contributed by atoms with Gasteiger partial charge in [0.05, 0.1) is 0 Å². The van der Waals surface area contributed by atoms with Crippen LogP contribution in [0.5, 0.6) is 0 Å². The number of hydrogen-bond acceptors (Lipinski definition) is 2. The maximum absolute atomic E-state index is 3.50. The molecule has 0 radical (unpaired) electrons. The highest BCUT2D eigenvalue weighted by molar-refractivity contribution is 5.29. The minimum absolute atomic E-state index is 0.184. The van der Waals surface area contributed by atoms with Crippen LogP contribution in [0.1, 0.15) is 44.7 Å². The molecule has 0 saturated heterocycles. The van der Waals surface area contributed by atoms with Crippen LogP contribution in [0.25, 0.3) is 0 Å². The van der Waals surface area contributed by atoms with Gasteiger partial charge in [0.1, 0.15) is 0 Å². The molecule has 0 spiro atoms. The summed E-state index contributed by atoms with van der Waals surface area (Å²) >= 11 is 0. The smallest absolute Gasteiger partial charge is 0.00769 e. The SMILES string of the molecule is CNCCNCC(C)(C)c1ccc(C(C)C)cc1. The summed E-state index contributed by atoms with van der Waals surface area (Å²) < 4.78 is 0. The van der Waals surface area contributed by atoms with Crippen molar-refractivity contribution < 1.29 is 0 Å². The molecule has 18 heavy (non-hydrogen) atoms. The van der Waals surface area contributed by atoms with E-state index in [1.165, 1.54) is 11.1 Å². The summed E-state index contributed by atoms with van der Waals surface area (Å²) in [6, 6.07) is 9.06. The first-order valence-electron chi connectivity index (χ1n) is 6.93. The summed E-state index contributed by atoms with van der Waals surface area (Å²) in [7, 11) is 1.98. The van der Waals surface area contributed by atoms with Gasteiger partial charge in [-0.1, -0.05) is 52.0 Å². The molecule has 0 saturated carbocycles. The number of rotatable bonds is 7. The number of benzene rings is 1. The van der Waals surface area contributed by atoms with Gasteiger partial charge in [-0.25, -0.2) is 0 Å². The summed E-state index contributed by atoms with van der Waals surface area (Å²) in [6.07, 6.45) is 0. The number of likely N-dealkylation sites (N-methyl/N-ethyl adjacent to an activating group) is 1. The first-order chi connectivity index (χ1) is 8.47. The van der Waals surface area contributed by atoms with Gasteiger partial charge in [0.2, 0.25) is 0 Å².